The lowest BCUT2D eigenvalue weighted by Gasteiger charge is -2.08. The van der Waals surface area contributed by atoms with Gasteiger partial charge in [0.05, 0.1) is 12.0 Å². The van der Waals surface area contributed by atoms with Crippen LogP contribution < -0.4 is 0 Å². The Balaban J connectivity index is 2.47. The van der Waals surface area contributed by atoms with Crippen molar-refractivity contribution in [2.24, 2.45) is 0 Å². The van der Waals surface area contributed by atoms with Gasteiger partial charge in [0.25, 0.3) is 0 Å². The molecule has 15 heavy (non-hydrogen) atoms. The van der Waals surface area contributed by atoms with Crippen molar-refractivity contribution in [3.05, 3.63) is 53.9 Å². The molecule has 0 aliphatic rings. The number of pyridine rings is 1. The maximum atomic E-state index is 4.23. The molecule has 0 atom stereocenters. The number of imidazole rings is 1. The normalized spacial score (nSPS) is 10.3. The Morgan fingerprint density at radius 1 is 1.33 bits per heavy atom. The summed E-state index contributed by atoms with van der Waals surface area (Å²) in [5.74, 6) is 0. The van der Waals surface area contributed by atoms with Gasteiger partial charge in [0, 0.05) is 23.7 Å². The Bertz CT molecular complexity index is 484. The zero-order valence-corrected chi connectivity index (χ0v) is 8.91. The number of aromatic amines is 1. The van der Waals surface area contributed by atoms with E-state index in [9.17, 15) is 0 Å². The van der Waals surface area contributed by atoms with Crippen molar-refractivity contribution in [3.8, 4) is 0 Å². The lowest BCUT2D eigenvalue weighted by molar-refractivity contribution is 1.14. The molecule has 0 spiro atoms. The Kier molecular flexibility index (Phi) is 2.37. The van der Waals surface area contributed by atoms with Gasteiger partial charge >= 0.3 is 0 Å². The van der Waals surface area contributed by atoms with Crippen molar-refractivity contribution in [3.63, 3.8) is 0 Å². The number of nitrogens with zero attached hydrogens (tertiary/aromatic N) is 2. The Hall–Kier alpha value is -1.90. The SMILES string of the molecule is C=C(c1c[nH]cn1)c1ccnc(C)c1C. The number of aromatic nitrogens is 3. The summed E-state index contributed by atoms with van der Waals surface area (Å²) in [7, 11) is 0. The molecule has 2 aromatic rings. The first-order chi connectivity index (χ1) is 7.20. The zero-order valence-electron chi connectivity index (χ0n) is 8.91. The van der Waals surface area contributed by atoms with Crippen LogP contribution in [0.15, 0.2) is 31.4 Å². The highest BCUT2D eigenvalue weighted by Crippen LogP contribution is 2.23. The fraction of sp³-hybridized carbons (Fsp3) is 0.167. The standard InChI is InChI=1S/C12H13N3/c1-8-10(3)14-5-4-11(8)9(2)12-6-13-7-15-12/h4-7H,2H2,1,3H3,(H,13,15). The molecule has 0 radical (unpaired) electrons. The summed E-state index contributed by atoms with van der Waals surface area (Å²) in [5, 5.41) is 0. The van der Waals surface area contributed by atoms with Crippen LogP contribution in [0.3, 0.4) is 0 Å². The monoisotopic (exact) mass is 199 g/mol. The molecule has 76 valence electrons. The zero-order chi connectivity index (χ0) is 10.8. The molecule has 0 saturated heterocycles. The largest absolute Gasteiger partial charge is 0.351 e. The molecular formula is C12H13N3. The average molecular weight is 199 g/mol. The molecule has 0 aliphatic heterocycles. The average Bonchev–Trinajstić information content (AvgIpc) is 2.74. The highest BCUT2D eigenvalue weighted by molar-refractivity contribution is 5.77. The van der Waals surface area contributed by atoms with E-state index in [4.69, 9.17) is 0 Å². The second kappa shape index (κ2) is 3.69. The molecule has 1 N–H and O–H groups in total. The molecule has 3 nitrogen and oxygen atoms in total. The van der Waals surface area contributed by atoms with E-state index in [1.165, 1.54) is 0 Å². The van der Waals surface area contributed by atoms with Crippen molar-refractivity contribution in [2.75, 3.05) is 0 Å². The molecule has 2 rings (SSSR count). The number of hydrogen-bond acceptors (Lipinski definition) is 2. The van der Waals surface area contributed by atoms with E-state index in [-0.39, 0.29) is 0 Å². The van der Waals surface area contributed by atoms with Crippen LogP contribution in [-0.2, 0) is 0 Å². The van der Waals surface area contributed by atoms with E-state index in [2.05, 4.69) is 28.5 Å². The summed E-state index contributed by atoms with van der Waals surface area (Å²) >= 11 is 0. The Morgan fingerprint density at radius 2 is 2.13 bits per heavy atom. The molecule has 2 heterocycles. The summed E-state index contributed by atoms with van der Waals surface area (Å²) in [6.45, 7) is 8.11. The number of H-pyrrole nitrogens is 1. The van der Waals surface area contributed by atoms with Crippen LogP contribution in [0.1, 0.15) is 22.5 Å². The van der Waals surface area contributed by atoms with Crippen LogP contribution >= 0.6 is 0 Å². The van der Waals surface area contributed by atoms with Gasteiger partial charge in [-0.3, -0.25) is 4.98 Å². The summed E-state index contributed by atoms with van der Waals surface area (Å²) in [4.78, 5) is 11.3. The van der Waals surface area contributed by atoms with E-state index < -0.39 is 0 Å². The third-order valence-electron chi connectivity index (χ3n) is 2.59. The van der Waals surface area contributed by atoms with E-state index in [0.717, 1.165) is 28.1 Å². The molecule has 0 saturated carbocycles. The van der Waals surface area contributed by atoms with Crippen molar-refractivity contribution in [1.82, 2.24) is 15.0 Å². The second-order valence-corrected chi connectivity index (χ2v) is 3.50. The van der Waals surface area contributed by atoms with Gasteiger partial charge in [0.1, 0.15) is 0 Å². The van der Waals surface area contributed by atoms with Crippen LogP contribution in [0, 0.1) is 13.8 Å². The van der Waals surface area contributed by atoms with E-state index >= 15 is 0 Å². The van der Waals surface area contributed by atoms with Crippen LogP contribution in [0.25, 0.3) is 5.57 Å². The Morgan fingerprint density at radius 3 is 2.80 bits per heavy atom. The van der Waals surface area contributed by atoms with E-state index in [1.807, 2.05) is 19.2 Å². The third-order valence-corrected chi connectivity index (χ3v) is 2.59. The van der Waals surface area contributed by atoms with Gasteiger partial charge in [-0.25, -0.2) is 4.98 Å². The van der Waals surface area contributed by atoms with Crippen molar-refractivity contribution < 1.29 is 0 Å². The number of nitrogens with one attached hydrogen (secondary N) is 1. The topological polar surface area (TPSA) is 41.6 Å². The van der Waals surface area contributed by atoms with Gasteiger partial charge in [-0.2, -0.15) is 0 Å². The molecule has 2 aromatic heterocycles. The van der Waals surface area contributed by atoms with E-state index in [0.29, 0.717) is 0 Å². The summed E-state index contributed by atoms with van der Waals surface area (Å²) < 4.78 is 0. The highest BCUT2D eigenvalue weighted by Gasteiger charge is 2.08. The lowest BCUT2D eigenvalue weighted by atomic mass is 10.00. The molecule has 0 aliphatic carbocycles. The van der Waals surface area contributed by atoms with Crippen molar-refractivity contribution in [2.45, 2.75) is 13.8 Å². The van der Waals surface area contributed by atoms with Crippen molar-refractivity contribution in [1.29, 1.82) is 0 Å². The molecule has 0 aromatic carbocycles. The van der Waals surface area contributed by atoms with Gasteiger partial charge < -0.3 is 4.98 Å². The van der Waals surface area contributed by atoms with Gasteiger partial charge in [0.2, 0.25) is 0 Å². The molecule has 0 amide bonds. The van der Waals surface area contributed by atoms with Crippen LogP contribution in [0.4, 0.5) is 0 Å². The summed E-state index contributed by atoms with van der Waals surface area (Å²) in [6.07, 6.45) is 5.30. The first kappa shape index (κ1) is 9.65. The smallest absolute Gasteiger partial charge is 0.0927 e. The maximum Gasteiger partial charge on any atom is 0.0927 e. The first-order valence-corrected chi connectivity index (χ1v) is 4.81. The van der Waals surface area contributed by atoms with Crippen LogP contribution in [0.5, 0.6) is 0 Å². The van der Waals surface area contributed by atoms with Gasteiger partial charge in [-0.1, -0.05) is 6.58 Å². The number of aryl methyl sites for hydroxylation is 1. The van der Waals surface area contributed by atoms with Crippen LogP contribution in [0.2, 0.25) is 0 Å². The molecule has 0 fully saturated rings. The number of hydrogen-bond donors (Lipinski definition) is 1. The molecule has 3 heteroatoms. The maximum absolute atomic E-state index is 4.23. The van der Waals surface area contributed by atoms with Crippen molar-refractivity contribution >= 4 is 5.57 Å². The minimum atomic E-state index is 0.878. The second-order valence-electron chi connectivity index (χ2n) is 3.50. The number of rotatable bonds is 2. The minimum absolute atomic E-state index is 0.878. The minimum Gasteiger partial charge on any atom is -0.351 e. The van der Waals surface area contributed by atoms with E-state index in [1.54, 1.807) is 12.5 Å². The molecule has 0 unspecified atom stereocenters. The summed E-state index contributed by atoms with van der Waals surface area (Å²) in [6, 6.07) is 1.97. The Labute approximate surface area is 88.9 Å². The fourth-order valence-corrected chi connectivity index (χ4v) is 1.53. The quantitative estimate of drug-likeness (QED) is 0.807. The van der Waals surface area contributed by atoms with Gasteiger partial charge in [0.15, 0.2) is 0 Å². The van der Waals surface area contributed by atoms with Gasteiger partial charge in [-0.05, 0) is 31.0 Å². The molecular weight excluding hydrogens is 186 g/mol. The molecule has 0 bridgehead atoms. The lowest BCUT2D eigenvalue weighted by Crippen LogP contribution is -1.94. The summed E-state index contributed by atoms with van der Waals surface area (Å²) in [5.41, 5.74) is 5.10. The first-order valence-electron chi connectivity index (χ1n) is 4.81. The predicted octanol–water partition coefficient (Wildman–Crippen LogP) is 2.48. The third kappa shape index (κ3) is 1.68. The van der Waals surface area contributed by atoms with Crippen LogP contribution in [-0.4, -0.2) is 15.0 Å². The predicted molar refractivity (Wildman–Crippen MR) is 60.4 cm³/mol. The van der Waals surface area contributed by atoms with Gasteiger partial charge in [-0.15, -0.1) is 0 Å². The highest BCUT2D eigenvalue weighted by atomic mass is 14.9. The fourth-order valence-electron chi connectivity index (χ4n) is 1.53.